The van der Waals surface area contributed by atoms with Gasteiger partial charge in [0.1, 0.15) is 6.04 Å². The highest BCUT2D eigenvalue weighted by molar-refractivity contribution is 5.85. The van der Waals surface area contributed by atoms with Gasteiger partial charge >= 0.3 is 12.0 Å². The number of nitrogens with one attached hydrogen (secondary N) is 2. The molecule has 0 aromatic heterocycles. The summed E-state index contributed by atoms with van der Waals surface area (Å²) in [6.45, 7) is 1.47. The lowest BCUT2D eigenvalue weighted by Gasteiger charge is -2.15. The first-order valence-electron chi connectivity index (χ1n) is 4.95. The quantitative estimate of drug-likeness (QED) is 0.441. The second kappa shape index (κ2) is 7.44. The number of primary amides is 1. The molecule has 17 heavy (non-hydrogen) atoms. The summed E-state index contributed by atoms with van der Waals surface area (Å²) in [4.78, 5) is 32.3. The summed E-state index contributed by atoms with van der Waals surface area (Å²) in [6, 6.07) is -1.40. The van der Waals surface area contributed by atoms with Gasteiger partial charge in [0, 0.05) is 13.7 Å². The van der Waals surface area contributed by atoms with Gasteiger partial charge < -0.3 is 26.2 Å². The third-order valence-electron chi connectivity index (χ3n) is 2.00. The van der Waals surface area contributed by atoms with Crippen LogP contribution in [0.2, 0.25) is 0 Å². The molecule has 0 aliphatic heterocycles. The Balaban J connectivity index is 3.96. The van der Waals surface area contributed by atoms with E-state index in [0.717, 1.165) is 0 Å². The summed E-state index contributed by atoms with van der Waals surface area (Å²) in [5.74, 6) is -1.68. The molecule has 0 rings (SSSR count). The first-order valence-corrected chi connectivity index (χ1v) is 4.95. The number of hydrogen-bond donors (Lipinski definition) is 4. The molecule has 0 radical (unpaired) electrons. The van der Waals surface area contributed by atoms with E-state index in [1.807, 2.05) is 0 Å². The van der Waals surface area contributed by atoms with E-state index in [0.29, 0.717) is 0 Å². The van der Waals surface area contributed by atoms with Crippen molar-refractivity contribution in [1.29, 1.82) is 0 Å². The first-order chi connectivity index (χ1) is 7.86. The van der Waals surface area contributed by atoms with Gasteiger partial charge in [0.05, 0.1) is 12.5 Å². The highest BCUT2D eigenvalue weighted by Crippen LogP contribution is 1.95. The Bertz CT molecular complexity index is 294. The van der Waals surface area contributed by atoms with Crippen LogP contribution in [0, 0.1) is 0 Å². The Labute approximate surface area is 98.5 Å². The fraction of sp³-hybridized carbons (Fsp3) is 0.667. The molecule has 0 bridgehead atoms. The number of amides is 3. The van der Waals surface area contributed by atoms with Crippen molar-refractivity contribution in [1.82, 2.24) is 10.6 Å². The summed E-state index contributed by atoms with van der Waals surface area (Å²) in [7, 11) is 1.35. The summed E-state index contributed by atoms with van der Waals surface area (Å²) in [6.07, 6.45) is -0.843. The molecule has 8 heteroatoms. The fourth-order valence-electron chi connectivity index (χ4n) is 0.959. The third-order valence-corrected chi connectivity index (χ3v) is 2.00. The van der Waals surface area contributed by atoms with Gasteiger partial charge in [-0.05, 0) is 6.92 Å². The molecule has 0 aliphatic rings. The van der Waals surface area contributed by atoms with Gasteiger partial charge in [-0.25, -0.2) is 4.79 Å². The number of ether oxygens (including phenoxy) is 1. The highest BCUT2D eigenvalue weighted by atomic mass is 16.5. The number of carboxylic acid groups (broad SMARTS) is 1. The van der Waals surface area contributed by atoms with E-state index in [4.69, 9.17) is 15.6 Å². The van der Waals surface area contributed by atoms with Crippen molar-refractivity contribution in [2.45, 2.75) is 25.5 Å². The number of urea groups is 1. The lowest BCUT2D eigenvalue weighted by Crippen LogP contribution is -2.48. The van der Waals surface area contributed by atoms with E-state index < -0.39 is 30.1 Å². The van der Waals surface area contributed by atoms with E-state index in [9.17, 15) is 14.4 Å². The van der Waals surface area contributed by atoms with Crippen molar-refractivity contribution >= 4 is 17.9 Å². The van der Waals surface area contributed by atoms with E-state index in [-0.39, 0.29) is 13.0 Å². The molecule has 0 saturated carbocycles. The minimum absolute atomic E-state index is 0.0279. The predicted octanol–water partition coefficient (Wildman–Crippen LogP) is -1.35. The van der Waals surface area contributed by atoms with Crippen LogP contribution < -0.4 is 16.4 Å². The van der Waals surface area contributed by atoms with Gasteiger partial charge in [-0.3, -0.25) is 9.59 Å². The minimum Gasteiger partial charge on any atom is -0.481 e. The number of nitrogens with two attached hydrogens (primary N) is 1. The van der Waals surface area contributed by atoms with Crippen LogP contribution in [-0.2, 0) is 14.3 Å². The van der Waals surface area contributed by atoms with Crippen LogP contribution in [0.3, 0.4) is 0 Å². The number of methoxy groups -OCH3 is 1. The second-order valence-corrected chi connectivity index (χ2v) is 3.43. The van der Waals surface area contributed by atoms with Crippen molar-refractivity contribution in [3.63, 3.8) is 0 Å². The predicted molar refractivity (Wildman–Crippen MR) is 58.2 cm³/mol. The van der Waals surface area contributed by atoms with E-state index in [1.165, 1.54) is 14.0 Å². The maximum atomic E-state index is 11.2. The molecular weight excluding hydrogens is 230 g/mol. The normalized spacial score (nSPS) is 13.5. The summed E-state index contributed by atoms with van der Waals surface area (Å²) in [5, 5.41) is 13.2. The maximum absolute atomic E-state index is 11.2. The standard InChI is InChI=1S/C9H17N3O5/c1-5(8(10)15)12-9(16)11-4-6(17-2)3-7(13)14/h5-6H,3-4H2,1-2H3,(H2,10,15)(H,13,14)(H2,11,12,16). The molecule has 0 aromatic carbocycles. The number of carbonyl (C=O) groups is 3. The second-order valence-electron chi connectivity index (χ2n) is 3.43. The molecule has 0 saturated heterocycles. The van der Waals surface area contributed by atoms with Crippen LogP contribution in [0.15, 0.2) is 0 Å². The Hall–Kier alpha value is -1.83. The van der Waals surface area contributed by atoms with Gasteiger partial charge in [-0.1, -0.05) is 0 Å². The summed E-state index contributed by atoms with van der Waals surface area (Å²) in [5.41, 5.74) is 4.95. The average molecular weight is 247 g/mol. The van der Waals surface area contributed by atoms with Crippen molar-refractivity contribution in [3.8, 4) is 0 Å². The van der Waals surface area contributed by atoms with Crippen LogP contribution in [0.5, 0.6) is 0 Å². The third kappa shape index (κ3) is 7.12. The molecule has 8 nitrogen and oxygen atoms in total. The van der Waals surface area contributed by atoms with Gasteiger partial charge in [0.2, 0.25) is 5.91 Å². The van der Waals surface area contributed by atoms with Gasteiger partial charge in [-0.2, -0.15) is 0 Å². The SMILES string of the molecule is COC(CNC(=O)NC(C)C(N)=O)CC(=O)O. The molecule has 0 fully saturated rings. The van der Waals surface area contributed by atoms with E-state index >= 15 is 0 Å². The molecular formula is C9H17N3O5. The Kier molecular flexibility index (Phi) is 6.64. The van der Waals surface area contributed by atoms with Gasteiger partial charge in [0.15, 0.2) is 0 Å². The lowest BCUT2D eigenvalue weighted by atomic mass is 10.2. The zero-order chi connectivity index (χ0) is 13.4. The van der Waals surface area contributed by atoms with Crippen LogP contribution in [0.4, 0.5) is 4.79 Å². The molecule has 0 heterocycles. The zero-order valence-electron chi connectivity index (χ0n) is 9.73. The van der Waals surface area contributed by atoms with Crippen molar-refractivity contribution in [2.24, 2.45) is 5.73 Å². The monoisotopic (exact) mass is 247 g/mol. The number of hydrogen-bond acceptors (Lipinski definition) is 4. The number of rotatable bonds is 7. The van der Waals surface area contributed by atoms with Crippen LogP contribution in [0.25, 0.3) is 0 Å². The largest absolute Gasteiger partial charge is 0.481 e. The molecule has 3 amide bonds. The molecule has 0 spiro atoms. The Morgan fingerprint density at radius 1 is 1.41 bits per heavy atom. The lowest BCUT2D eigenvalue weighted by molar-refractivity contribution is -0.139. The Morgan fingerprint density at radius 3 is 2.41 bits per heavy atom. The average Bonchev–Trinajstić information content (AvgIpc) is 2.23. The zero-order valence-corrected chi connectivity index (χ0v) is 9.73. The van der Waals surface area contributed by atoms with Crippen LogP contribution in [0.1, 0.15) is 13.3 Å². The van der Waals surface area contributed by atoms with Gasteiger partial charge in [0.25, 0.3) is 0 Å². The number of aliphatic carboxylic acids is 1. The van der Waals surface area contributed by atoms with Crippen LogP contribution >= 0.6 is 0 Å². The van der Waals surface area contributed by atoms with Crippen molar-refractivity contribution < 1.29 is 24.2 Å². The van der Waals surface area contributed by atoms with Crippen LogP contribution in [-0.4, -0.2) is 48.8 Å². The fourth-order valence-corrected chi connectivity index (χ4v) is 0.959. The minimum atomic E-state index is -1.02. The first kappa shape index (κ1) is 15.2. The molecule has 2 atom stereocenters. The molecule has 5 N–H and O–H groups in total. The Morgan fingerprint density at radius 2 is 2.00 bits per heavy atom. The summed E-state index contributed by atoms with van der Waals surface area (Å²) >= 11 is 0. The highest BCUT2D eigenvalue weighted by Gasteiger charge is 2.15. The van der Waals surface area contributed by atoms with Crippen molar-refractivity contribution in [2.75, 3.05) is 13.7 Å². The number of carbonyl (C=O) groups excluding carboxylic acids is 2. The number of carboxylic acids is 1. The smallest absolute Gasteiger partial charge is 0.315 e. The van der Waals surface area contributed by atoms with Gasteiger partial charge in [-0.15, -0.1) is 0 Å². The molecule has 98 valence electrons. The molecule has 0 aromatic rings. The molecule has 2 unspecified atom stereocenters. The molecule has 0 aliphatic carbocycles. The van der Waals surface area contributed by atoms with Crippen molar-refractivity contribution in [3.05, 3.63) is 0 Å². The van der Waals surface area contributed by atoms with E-state index in [2.05, 4.69) is 10.6 Å². The topological polar surface area (TPSA) is 131 Å². The van der Waals surface area contributed by atoms with E-state index in [1.54, 1.807) is 0 Å². The summed E-state index contributed by atoms with van der Waals surface area (Å²) < 4.78 is 4.85. The maximum Gasteiger partial charge on any atom is 0.315 e.